The lowest BCUT2D eigenvalue weighted by Gasteiger charge is -2.24. The Morgan fingerprint density at radius 1 is 1.38 bits per heavy atom. The average Bonchev–Trinajstić information content (AvgIpc) is 2.83. The Morgan fingerprint density at radius 2 is 2.00 bits per heavy atom. The quantitative estimate of drug-likeness (QED) is 0.893. The summed E-state index contributed by atoms with van der Waals surface area (Å²) >= 11 is 1.51. The molecule has 2 rings (SSSR count). The van der Waals surface area contributed by atoms with Gasteiger partial charge in [0.05, 0.1) is 27.2 Å². The summed E-state index contributed by atoms with van der Waals surface area (Å²) in [4.78, 5) is 19.0. The lowest BCUT2D eigenvalue weighted by molar-refractivity contribution is 0.0734. The molecule has 0 saturated carbocycles. The number of primary sulfonamides is 1. The fraction of sp³-hybridized carbons (Fsp3) is 0.333. The number of rotatable bonds is 4. The topological polar surface area (TPSA) is 93.4 Å². The summed E-state index contributed by atoms with van der Waals surface area (Å²) in [5.41, 5.74) is 0.386. The third kappa shape index (κ3) is 3.63. The monoisotopic (exact) mass is 371 g/mol. The second-order valence-electron chi connectivity index (χ2n) is 5.45. The van der Waals surface area contributed by atoms with Gasteiger partial charge in [0.15, 0.2) is 0 Å². The molecule has 0 spiro atoms. The lowest BCUT2D eigenvalue weighted by atomic mass is 10.1. The van der Waals surface area contributed by atoms with Crippen molar-refractivity contribution in [2.24, 2.45) is 5.14 Å². The summed E-state index contributed by atoms with van der Waals surface area (Å²) < 4.78 is 36.8. The Kier molecular flexibility index (Phi) is 5.07. The van der Waals surface area contributed by atoms with Crippen LogP contribution in [0.2, 0.25) is 0 Å². The molecule has 0 fully saturated rings. The van der Waals surface area contributed by atoms with Crippen LogP contribution in [-0.2, 0) is 10.0 Å². The van der Waals surface area contributed by atoms with Crippen molar-refractivity contribution in [3.05, 3.63) is 45.2 Å². The highest BCUT2D eigenvalue weighted by molar-refractivity contribution is 7.89. The van der Waals surface area contributed by atoms with Crippen LogP contribution in [0.4, 0.5) is 4.39 Å². The molecule has 1 atom stereocenters. The van der Waals surface area contributed by atoms with Crippen molar-refractivity contribution < 1.29 is 17.6 Å². The maximum atomic E-state index is 14.0. The SMILES string of the molecule is Cc1nc([C@@H](C)N(C)C(=O)c2cc(S(N)(=O)=O)ccc2F)c(C)s1. The molecule has 1 heterocycles. The molecule has 0 aliphatic carbocycles. The maximum absolute atomic E-state index is 14.0. The van der Waals surface area contributed by atoms with Crippen molar-refractivity contribution in [2.45, 2.75) is 31.7 Å². The van der Waals surface area contributed by atoms with Gasteiger partial charge in [0.1, 0.15) is 5.82 Å². The fourth-order valence-corrected chi connectivity index (χ4v) is 3.77. The predicted octanol–water partition coefficient (Wildman–Crippen LogP) is 2.38. The second kappa shape index (κ2) is 6.58. The van der Waals surface area contributed by atoms with E-state index in [2.05, 4.69) is 4.98 Å². The normalized spacial score (nSPS) is 12.9. The van der Waals surface area contributed by atoms with Gasteiger partial charge in [-0.2, -0.15) is 0 Å². The van der Waals surface area contributed by atoms with Gasteiger partial charge in [0, 0.05) is 11.9 Å². The first kappa shape index (κ1) is 18.5. The first-order valence-corrected chi connectivity index (χ1v) is 9.42. The van der Waals surface area contributed by atoms with E-state index in [-0.39, 0.29) is 16.5 Å². The molecule has 1 amide bonds. The number of aryl methyl sites for hydroxylation is 2. The van der Waals surface area contributed by atoms with Gasteiger partial charge >= 0.3 is 0 Å². The maximum Gasteiger partial charge on any atom is 0.257 e. The standard InChI is InChI=1S/C15H18FN3O3S2/c1-8(14-9(2)23-10(3)18-14)19(4)15(20)12-7-11(24(17,21)22)5-6-13(12)16/h5-8H,1-4H3,(H2,17,21,22)/t8-/m1/s1. The highest BCUT2D eigenvalue weighted by atomic mass is 32.2. The summed E-state index contributed by atoms with van der Waals surface area (Å²) in [5.74, 6) is -1.45. The van der Waals surface area contributed by atoms with Gasteiger partial charge in [-0.3, -0.25) is 4.79 Å². The lowest BCUT2D eigenvalue weighted by Crippen LogP contribution is -2.31. The summed E-state index contributed by atoms with van der Waals surface area (Å²) in [6, 6.07) is 2.51. The van der Waals surface area contributed by atoms with E-state index in [0.717, 1.165) is 33.8 Å². The van der Waals surface area contributed by atoms with E-state index in [0.29, 0.717) is 0 Å². The molecule has 0 radical (unpaired) electrons. The van der Waals surface area contributed by atoms with Crippen LogP contribution in [-0.4, -0.2) is 31.3 Å². The molecule has 0 aliphatic heterocycles. The van der Waals surface area contributed by atoms with Crippen molar-refractivity contribution in [1.29, 1.82) is 0 Å². The number of hydrogen-bond acceptors (Lipinski definition) is 5. The molecular weight excluding hydrogens is 353 g/mol. The Hall–Kier alpha value is -1.84. The molecular formula is C15H18FN3O3S2. The number of carbonyl (C=O) groups excluding carboxylic acids is 1. The fourth-order valence-electron chi connectivity index (χ4n) is 2.33. The predicted molar refractivity (Wildman–Crippen MR) is 89.9 cm³/mol. The molecule has 24 heavy (non-hydrogen) atoms. The molecule has 2 aromatic rings. The van der Waals surface area contributed by atoms with Gasteiger partial charge in [-0.25, -0.2) is 22.9 Å². The summed E-state index contributed by atoms with van der Waals surface area (Å²) in [7, 11) is -2.51. The molecule has 6 nitrogen and oxygen atoms in total. The number of nitrogens with two attached hydrogens (primary N) is 1. The van der Waals surface area contributed by atoms with Gasteiger partial charge in [-0.1, -0.05) is 0 Å². The van der Waals surface area contributed by atoms with Crippen LogP contribution < -0.4 is 5.14 Å². The van der Waals surface area contributed by atoms with E-state index < -0.39 is 21.7 Å². The van der Waals surface area contributed by atoms with Crippen LogP contribution >= 0.6 is 11.3 Å². The first-order chi connectivity index (χ1) is 11.0. The average molecular weight is 371 g/mol. The second-order valence-corrected chi connectivity index (χ2v) is 8.42. The first-order valence-electron chi connectivity index (χ1n) is 7.05. The molecule has 1 aromatic carbocycles. The highest BCUT2D eigenvalue weighted by Crippen LogP contribution is 2.27. The molecule has 0 saturated heterocycles. The number of thiazole rings is 1. The van der Waals surface area contributed by atoms with E-state index in [1.54, 1.807) is 6.92 Å². The minimum absolute atomic E-state index is 0.311. The van der Waals surface area contributed by atoms with Crippen molar-refractivity contribution >= 4 is 27.3 Å². The molecule has 2 N–H and O–H groups in total. The number of benzene rings is 1. The zero-order valence-corrected chi connectivity index (χ0v) is 15.3. The van der Waals surface area contributed by atoms with Crippen LogP contribution in [0.3, 0.4) is 0 Å². The van der Waals surface area contributed by atoms with Gasteiger partial charge in [0.2, 0.25) is 10.0 Å². The summed E-state index contributed by atoms with van der Waals surface area (Å²) in [5, 5.41) is 5.91. The third-order valence-corrected chi connectivity index (χ3v) is 5.55. The van der Waals surface area contributed by atoms with Crippen LogP contribution in [0.1, 0.15) is 38.9 Å². The number of halogens is 1. The Morgan fingerprint density at radius 3 is 2.50 bits per heavy atom. The minimum atomic E-state index is -4.03. The zero-order valence-electron chi connectivity index (χ0n) is 13.7. The summed E-state index contributed by atoms with van der Waals surface area (Å²) in [6.07, 6.45) is 0. The molecule has 0 aliphatic rings. The van der Waals surface area contributed by atoms with Crippen LogP contribution in [0.15, 0.2) is 23.1 Å². The van der Waals surface area contributed by atoms with E-state index >= 15 is 0 Å². The van der Waals surface area contributed by atoms with Gasteiger partial charge in [-0.15, -0.1) is 11.3 Å². The molecule has 1 aromatic heterocycles. The molecule has 9 heteroatoms. The number of nitrogens with zero attached hydrogens (tertiary/aromatic N) is 2. The number of hydrogen-bond donors (Lipinski definition) is 1. The van der Waals surface area contributed by atoms with E-state index in [9.17, 15) is 17.6 Å². The Bertz CT molecular complexity index is 893. The highest BCUT2D eigenvalue weighted by Gasteiger charge is 2.25. The van der Waals surface area contributed by atoms with Crippen LogP contribution in [0.25, 0.3) is 0 Å². The largest absolute Gasteiger partial charge is 0.333 e. The minimum Gasteiger partial charge on any atom is -0.333 e. The molecule has 0 unspecified atom stereocenters. The third-order valence-electron chi connectivity index (χ3n) is 3.73. The zero-order chi connectivity index (χ0) is 18.2. The van der Waals surface area contributed by atoms with E-state index in [1.807, 2.05) is 13.8 Å². The van der Waals surface area contributed by atoms with E-state index in [4.69, 9.17) is 5.14 Å². The van der Waals surface area contributed by atoms with Crippen LogP contribution in [0, 0.1) is 19.7 Å². The van der Waals surface area contributed by atoms with Gasteiger partial charge in [-0.05, 0) is 39.0 Å². The smallest absolute Gasteiger partial charge is 0.257 e. The Balaban J connectivity index is 2.39. The van der Waals surface area contributed by atoms with Crippen molar-refractivity contribution in [2.75, 3.05) is 7.05 Å². The van der Waals surface area contributed by atoms with Gasteiger partial charge < -0.3 is 4.90 Å². The summed E-state index contributed by atoms with van der Waals surface area (Å²) in [6.45, 7) is 5.54. The van der Waals surface area contributed by atoms with E-state index in [1.165, 1.54) is 23.3 Å². The Labute approximate surface area is 144 Å². The number of sulfonamides is 1. The van der Waals surface area contributed by atoms with Crippen molar-refractivity contribution in [1.82, 2.24) is 9.88 Å². The van der Waals surface area contributed by atoms with Crippen LogP contribution in [0.5, 0.6) is 0 Å². The van der Waals surface area contributed by atoms with Gasteiger partial charge in [0.25, 0.3) is 5.91 Å². The molecule has 130 valence electrons. The number of carbonyl (C=O) groups is 1. The van der Waals surface area contributed by atoms with Crippen molar-refractivity contribution in [3.8, 4) is 0 Å². The molecule has 0 bridgehead atoms. The number of aromatic nitrogens is 1. The van der Waals surface area contributed by atoms with Crippen molar-refractivity contribution in [3.63, 3.8) is 0 Å². The number of amides is 1.